The van der Waals surface area contributed by atoms with E-state index in [1.54, 1.807) is 11.8 Å². The Labute approximate surface area is 128 Å². The summed E-state index contributed by atoms with van der Waals surface area (Å²) in [7, 11) is -2.33. The van der Waals surface area contributed by atoms with Crippen molar-refractivity contribution in [1.82, 2.24) is 0 Å². The van der Waals surface area contributed by atoms with Gasteiger partial charge in [0, 0.05) is 22.6 Å². The molecule has 0 aromatic carbocycles. The largest absolute Gasteiger partial charge is 0.748 e. The van der Waals surface area contributed by atoms with Crippen LogP contribution < -0.4 is 9.57 Å². The van der Waals surface area contributed by atoms with E-state index in [9.17, 15) is 13.0 Å². The van der Waals surface area contributed by atoms with Crippen LogP contribution in [0, 0.1) is 6.92 Å². The first-order chi connectivity index (χ1) is 9.89. The van der Waals surface area contributed by atoms with Crippen LogP contribution in [0.15, 0.2) is 24.5 Å². The first kappa shape index (κ1) is 19.9. The lowest BCUT2D eigenvalue weighted by molar-refractivity contribution is -0.885. The summed E-state index contributed by atoms with van der Waals surface area (Å²) in [6.07, 6.45) is 9.70. The number of hydrogen-bond acceptors (Lipinski definition) is 4. The van der Waals surface area contributed by atoms with Crippen LogP contribution in [0.4, 0.5) is 0 Å². The lowest BCUT2D eigenvalue weighted by Gasteiger charge is -2.05. The third-order valence-electron chi connectivity index (χ3n) is 2.93. The van der Waals surface area contributed by atoms with E-state index < -0.39 is 10.1 Å². The van der Waals surface area contributed by atoms with Gasteiger partial charge in [-0.15, -0.1) is 0 Å². The summed E-state index contributed by atoms with van der Waals surface area (Å²) in [6.45, 7) is 4.17. The van der Waals surface area contributed by atoms with Gasteiger partial charge >= 0.3 is 0 Å². The maximum atomic E-state index is 10.2. The van der Waals surface area contributed by atoms with Gasteiger partial charge in [-0.1, -0.05) is 39.0 Å². The highest BCUT2D eigenvalue weighted by Crippen LogP contribution is 2.05. The predicted octanol–water partition coefficient (Wildman–Crippen LogP) is 2.23. The summed E-state index contributed by atoms with van der Waals surface area (Å²) >= 11 is 0. The molecule has 21 heavy (non-hydrogen) atoms. The Kier molecular flexibility index (Phi) is 10.9. The minimum Gasteiger partial charge on any atom is -0.748 e. The zero-order chi connectivity index (χ0) is 16.1. The van der Waals surface area contributed by atoms with Crippen LogP contribution >= 0.6 is 0 Å². The average Bonchev–Trinajstić information content (AvgIpc) is 2.43. The quantitative estimate of drug-likeness (QED) is 0.419. The SMILES string of the molecule is CCCCCCCCS(=O)(=O)[O-].CO[n+]1ccc(C)cc1. The molecule has 1 aromatic heterocycles. The van der Waals surface area contributed by atoms with Gasteiger partial charge in [0.15, 0.2) is 0 Å². The number of aryl methyl sites for hydroxylation is 1. The standard InChI is InChI=1S/C8H18O3S.C7H10NO/c1-2-3-4-5-6-7-8-12(9,10)11;1-7-3-5-8(9-2)6-4-7/h2-8H2,1H3,(H,9,10,11);3-6H,1-2H3/q;+1/p-1. The van der Waals surface area contributed by atoms with Crippen molar-refractivity contribution in [2.75, 3.05) is 12.9 Å². The van der Waals surface area contributed by atoms with E-state index >= 15 is 0 Å². The lowest BCUT2D eigenvalue weighted by Crippen LogP contribution is -2.39. The average molecular weight is 317 g/mol. The van der Waals surface area contributed by atoms with Crippen molar-refractivity contribution in [3.8, 4) is 0 Å². The number of hydrogen-bond donors (Lipinski definition) is 0. The molecule has 0 saturated heterocycles. The normalized spacial score (nSPS) is 10.7. The summed E-state index contributed by atoms with van der Waals surface area (Å²) in [4.78, 5) is 4.89. The summed E-state index contributed by atoms with van der Waals surface area (Å²) < 4.78 is 32.1. The summed E-state index contributed by atoms with van der Waals surface area (Å²) in [6, 6.07) is 3.98. The van der Waals surface area contributed by atoms with E-state index in [0.29, 0.717) is 6.42 Å². The smallest absolute Gasteiger partial charge is 0.222 e. The molecule has 0 amide bonds. The van der Waals surface area contributed by atoms with Crippen LogP contribution in [0.25, 0.3) is 0 Å². The van der Waals surface area contributed by atoms with Crippen LogP contribution in [0.5, 0.6) is 0 Å². The fraction of sp³-hybridized carbons (Fsp3) is 0.667. The third-order valence-corrected chi connectivity index (χ3v) is 3.72. The summed E-state index contributed by atoms with van der Waals surface area (Å²) in [5.41, 5.74) is 1.24. The van der Waals surface area contributed by atoms with Crippen LogP contribution in [0.1, 0.15) is 51.0 Å². The fourth-order valence-corrected chi connectivity index (χ4v) is 2.23. The molecular weight excluding hydrogens is 290 g/mol. The minimum atomic E-state index is -3.97. The molecule has 122 valence electrons. The lowest BCUT2D eigenvalue weighted by atomic mass is 10.1. The van der Waals surface area contributed by atoms with Crippen LogP contribution in [-0.4, -0.2) is 25.8 Å². The molecule has 6 heteroatoms. The van der Waals surface area contributed by atoms with Gasteiger partial charge in [-0.3, -0.25) is 4.84 Å². The van der Waals surface area contributed by atoms with Crippen molar-refractivity contribution < 1.29 is 22.5 Å². The van der Waals surface area contributed by atoms with Crippen molar-refractivity contribution in [3.05, 3.63) is 30.1 Å². The molecule has 0 atom stereocenters. The van der Waals surface area contributed by atoms with E-state index in [2.05, 4.69) is 6.92 Å². The Morgan fingerprint density at radius 3 is 2.10 bits per heavy atom. The van der Waals surface area contributed by atoms with Crippen LogP contribution in [-0.2, 0) is 10.1 Å². The van der Waals surface area contributed by atoms with E-state index in [-0.39, 0.29) is 5.75 Å². The molecule has 0 aliphatic rings. The fourth-order valence-electron chi connectivity index (χ4n) is 1.67. The van der Waals surface area contributed by atoms with Gasteiger partial charge in [-0.25, -0.2) is 8.42 Å². The van der Waals surface area contributed by atoms with Crippen molar-refractivity contribution in [3.63, 3.8) is 0 Å². The zero-order valence-electron chi connectivity index (χ0n) is 13.2. The Hall–Kier alpha value is -1.14. The van der Waals surface area contributed by atoms with Gasteiger partial charge in [0.05, 0.1) is 10.1 Å². The first-order valence-electron chi connectivity index (χ1n) is 7.35. The summed E-state index contributed by atoms with van der Waals surface area (Å²) in [5, 5.41) is 0. The van der Waals surface area contributed by atoms with Gasteiger partial charge in [-0.2, -0.15) is 0 Å². The second-order valence-electron chi connectivity index (χ2n) is 4.95. The third kappa shape index (κ3) is 13.6. The molecule has 1 aromatic rings. The Bertz CT molecular complexity index is 457. The minimum absolute atomic E-state index is 0.195. The van der Waals surface area contributed by atoms with Crippen LogP contribution in [0.3, 0.4) is 0 Å². The molecule has 5 nitrogen and oxygen atoms in total. The van der Waals surface area contributed by atoms with Gasteiger partial charge in [0.1, 0.15) is 7.11 Å². The van der Waals surface area contributed by atoms with Gasteiger partial charge in [-0.05, 0) is 18.9 Å². The Morgan fingerprint density at radius 1 is 1.10 bits per heavy atom. The van der Waals surface area contributed by atoms with Crippen molar-refractivity contribution in [2.45, 2.75) is 52.4 Å². The number of unbranched alkanes of at least 4 members (excludes halogenated alkanes) is 5. The van der Waals surface area contributed by atoms with Gasteiger partial charge < -0.3 is 4.55 Å². The highest BCUT2D eigenvalue weighted by molar-refractivity contribution is 7.85. The first-order valence-corrected chi connectivity index (χ1v) is 8.92. The topological polar surface area (TPSA) is 70.3 Å². The molecule has 0 N–H and O–H groups in total. The number of nitrogens with zero attached hydrogens (tertiary/aromatic N) is 1. The maximum Gasteiger partial charge on any atom is 0.222 e. The van der Waals surface area contributed by atoms with Crippen molar-refractivity contribution in [1.29, 1.82) is 0 Å². The van der Waals surface area contributed by atoms with E-state index in [0.717, 1.165) is 19.3 Å². The number of pyridine rings is 1. The molecule has 0 fully saturated rings. The molecule has 0 unspecified atom stereocenters. The number of rotatable bonds is 8. The van der Waals surface area contributed by atoms with Gasteiger partial charge in [0.25, 0.3) is 0 Å². The molecule has 0 radical (unpaired) electrons. The van der Waals surface area contributed by atoms with Crippen molar-refractivity contribution in [2.24, 2.45) is 0 Å². The zero-order valence-corrected chi connectivity index (χ0v) is 14.1. The van der Waals surface area contributed by atoms with Crippen LogP contribution in [0.2, 0.25) is 0 Å². The molecule has 1 rings (SSSR count). The monoisotopic (exact) mass is 317 g/mol. The maximum absolute atomic E-state index is 10.2. The number of aromatic nitrogens is 1. The summed E-state index contributed by atoms with van der Waals surface area (Å²) in [5.74, 6) is -0.195. The molecule has 0 aliphatic carbocycles. The molecule has 0 saturated carbocycles. The molecule has 0 aliphatic heterocycles. The highest BCUT2D eigenvalue weighted by Gasteiger charge is 1.95. The Balaban J connectivity index is 0.000000394. The molecule has 0 bridgehead atoms. The van der Waals surface area contributed by atoms with Gasteiger partial charge in [0.2, 0.25) is 12.4 Å². The second-order valence-corrected chi connectivity index (χ2v) is 6.47. The predicted molar refractivity (Wildman–Crippen MR) is 81.8 cm³/mol. The molecular formula is C15H27NO4S. The second kappa shape index (κ2) is 11.5. The van der Waals surface area contributed by atoms with E-state index in [1.165, 1.54) is 18.4 Å². The van der Waals surface area contributed by atoms with Crippen molar-refractivity contribution >= 4 is 10.1 Å². The van der Waals surface area contributed by atoms with E-state index in [4.69, 9.17) is 4.84 Å². The highest BCUT2D eigenvalue weighted by atomic mass is 32.2. The molecule has 1 heterocycles. The Morgan fingerprint density at radius 2 is 1.62 bits per heavy atom. The van der Waals surface area contributed by atoms with E-state index in [1.807, 2.05) is 31.5 Å². The molecule has 0 spiro atoms.